The van der Waals surface area contributed by atoms with Crippen molar-refractivity contribution in [1.82, 2.24) is 26.1 Å². The number of thioether (sulfide) groups is 1. The predicted molar refractivity (Wildman–Crippen MR) is 96.6 cm³/mol. The molecule has 1 aliphatic heterocycles. The van der Waals surface area contributed by atoms with Gasteiger partial charge in [0.25, 0.3) is 5.22 Å². The van der Waals surface area contributed by atoms with Gasteiger partial charge in [-0.25, -0.2) is 4.79 Å². The van der Waals surface area contributed by atoms with Gasteiger partial charge in [0.2, 0.25) is 17.7 Å². The molecule has 2 heterocycles. The highest BCUT2D eigenvalue weighted by Gasteiger charge is 2.34. The van der Waals surface area contributed by atoms with E-state index in [0.717, 1.165) is 17.3 Å². The third-order valence-electron chi connectivity index (χ3n) is 4.04. The summed E-state index contributed by atoms with van der Waals surface area (Å²) in [7, 11) is 0. The highest BCUT2D eigenvalue weighted by Crippen LogP contribution is 2.19. The molecule has 3 N–H and O–H groups in total. The summed E-state index contributed by atoms with van der Waals surface area (Å²) in [6.07, 6.45) is 0.209. The molecule has 4 amide bonds. The normalized spacial score (nSPS) is 19.3. The molecule has 0 spiro atoms. The molecule has 0 saturated carbocycles. The maximum atomic E-state index is 11.9. The number of hydrogen-bond donors (Lipinski definition) is 3. The average molecular weight is 389 g/mol. The van der Waals surface area contributed by atoms with E-state index < -0.39 is 11.9 Å². The number of carbonyl (C=O) groups excluding carboxylic acids is 3. The van der Waals surface area contributed by atoms with Gasteiger partial charge in [-0.05, 0) is 12.5 Å². The zero-order valence-corrected chi connectivity index (χ0v) is 15.4. The Bertz CT molecular complexity index is 826. The number of imide groups is 1. The Kier molecular flexibility index (Phi) is 6.07. The fourth-order valence-electron chi connectivity index (χ4n) is 2.59. The third-order valence-corrected chi connectivity index (χ3v) is 4.86. The van der Waals surface area contributed by atoms with Crippen molar-refractivity contribution in [3.63, 3.8) is 0 Å². The lowest BCUT2D eigenvalue weighted by Crippen LogP contribution is -2.57. The van der Waals surface area contributed by atoms with Crippen molar-refractivity contribution >= 4 is 29.6 Å². The van der Waals surface area contributed by atoms with E-state index in [1.54, 1.807) is 6.92 Å². The molecule has 2 aromatic rings. The summed E-state index contributed by atoms with van der Waals surface area (Å²) in [6, 6.07) is 8.76. The highest BCUT2D eigenvalue weighted by molar-refractivity contribution is 7.99. The Balaban J connectivity index is 1.46. The average Bonchev–Trinajstić information content (AvgIpc) is 3.10. The molecule has 142 valence electrons. The summed E-state index contributed by atoms with van der Waals surface area (Å²) in [4.78, 5) is 35.1. The first kappa shape index (κ1) is 18.9. The molecular formula is C17H19N5O4S. The van der Waals surface area contributed by atoms with Gasteiger partial charge in [0, 0.05) is 19.0 Å². The maximum absolute atomic E-state index is 11.9. The highest BCUT2D eigenvalue weighted by atomic mass is 32.2. The lowest BCUT2D eigenvalue weighted by atomic mass is 9.95. The van der Waals surface area contributed by atoms with Crippen LogP contribution in [0.1, 0.15) is 18.4 Å². The van der Waals surface area contributed by atoms with Crippen LogP contribution in [0, 0.1) is 5.92 Å². The lowest BCUT2D eigenvalue weighted by molar-refractivity contribution is -0.125. The van der Waals surface area contributed by atoms with Gasteiger partial charge in [0.1, 0.15) is 0 Å². The molecule has 3 rings (SSSR count). The van der Waals surface area contributed by atoms with Crippen molar-refractivity contribution in [2.45, 2.75) is 31.2 Å². The summed E-state index contributed by atoms with van der Waals surface area (Å²) in [5.41, 5.74) is 1.02. The molecule has 1 fully saturated rings. The second kappa shape index (κ2) is 8.67. The van der Waals surface area contributed by atoms with Gasteiger partial charge < -0.3 is 15.1 Å². The number of urea groups is 1. The van der Waals surface area contributed by atoms with Crippen LogP contribution in [-0.4, -0.2) is 39.8 Å². The molecule has 2 atom stereocenters. The first-order chi connectivity index (χ1) is 13.0. The summed E-state index contributed by atoms with van der Waals surface area (Å²) < 4.78 is 5.49. The van der Waals surface area contributed by atoms with Crippen LogP contribution in [0.5, 0.6) is 0 Å². The zero-order chi connectivity index (χ0) is 19.2. The Morgan fingerprint density at radius 2 is 2.04 bits per heavy atom. The molecule has 0 aliphatic carbocycles. The SMILES string of the molecule is CC1NC(=O)NC(=O)C1Cc1nnc(SCC(=O)NCc2ccccc2)o1. The molecule has 1 aliphatic rings. The minimum Gasteiger partial charge on any atom is -0.416 e. The van der Waals surface area contributed by atoms with Gasteiger partial charge in [-0.1, -0.05) is 42.1 Å². The molecule has 27 heavy (non-hydrogen) atoms. The minimum atomic E-state index is -0.507. The molecule has 0 radical (unpaired) electrons. The zero-order valence-electron chi connectivity index (χ0n) is 14.6. The molecule has 1 aromatic carbocycles. The number of amides is 4. The van der Waals surface area contributed by atoms with E-state index in [2.05, 4.69) is 26.1 Å². The monoisotopic (exact) mass is 389 g/mol. The second-order valence-electron chi connectivity index (χ2n) is 6.07. The summed E-state index contributed by atoms with van der Waals surface area (Å²) in [5, 5.41) is 15.7. The van der Waals surface area contributed by atoms with E-state index in [0.29, 0.717) is 6.54 Å². The van der Waals surface area contributed by atoms with Crippen molar-refractivity contribution in [2.75, 3.05) is 5.75 Å². The van der Waals surface area contributed by atoms with Crippen molar-refractivity contribution in [1.29, 1.82) is 0 Å². The van der Waals surface area contributed by atoms with Gasteiger partial charge >= 0.3 is 6.03 Å². The predicted octanol–water partition coefficient (Wildman–Crippen LogP) is 0.865. The first-order valence-corrected chi connectivity index (χ1v) is 9.37. The van der Waals surface area contributed by atoms with Crippen molar-refractivity contribution in [3.8, 4) is 0 Å². The van der Waals surface area contributed by atoms with E-state index in [4.69, 9.17) is 4.42 Å². The van der Waals surface area contributed by atoms with Crippen LogP contribution >= 0.6 is 11.8 Å². The van der Waals surface area contributed by atoms with Crippen LogP contribution in [0.25, 0.3) is 0 Å². The van der Waals surface area contributed by atoms with Crippen LogP contribution in [0.15, 0.2) is 40.0 Å². The lowest BCUT2D eigenvalue weighted by Gasteiger charge is -2.27. The number of nitrogens with zero attached hydrogens (tertiary/aromatic N) is 2. The van der Waals surface area contributed by atoms with Crippen LogP contribution in [0.4, 0.5) is 4.79 Å². The maximum Gasteiger partial charge on any atom is 0.321 e. The quantitative estimate of drug-likeness (QED) is 0.600. The molecule has 9 nitrogen and oxygen atoms in total. The van der Waals surface area contributed by atoms with Crippen LogP contribution in [0.2, 0.25) is 0 Å². The molecular weight excluding hydrogens is 370 g/mol. The Labute approximate surface area is 159 Å². The van der Waals surface area contributed by atoms with Gasteiger partial charge in [-0.15, -0.1) is 10.2 Å². The van der Waals surface area contributed by atoms with E-state index in [1.165, 1.54) is 0 Å². The standard InChI is InChI=1S/C17H19N5O4S/c1-10-12(15(24)20-16(25)19-10)7-14-21-22-17(26-14)27-9-13(23)18-8-11-5-3-2-4-6-11/h2-6,10,12H,7-9H2,1H3,(H,18,23)(H2,19,20,24,25). The van der Waals surface area contributed by atoms with Crippen molar-refractivity contribution in [3.05, 3.63) is 41.8 Å². The molecule has 10 heteroatoms. The van der Waals surface area contributed by atoms with Crippen LogP contribution in [0.3, 0.4) is 0 Å². The van der Waals surface area contributed by atoms with Gasteiger partial charge in [-0.2, -0.15) is 0 Å². The number of nitrogens with one attached hydrogen (secondary N) is 3. The fourth-order valence-corrected chi connectivity index (χ4v) is 3.20. The van der Waals surface area contributed by atoms with E-state index in [1.807, 2.05) is 30.3 Å². The van der Waals surface area contributed by atoms with Crippen LogP contribution < -0.4 is 16.0 Å². The van der Waals surface area contributed by atoms with Gasteiger partial charge in [0.15, 0.2) is 0 Å². The molecule has 0 bridgehead atoms. The number of carbonyl (C=O) groups is 3. The number of aromatic nitrogens is 2. The smallest absolute Gasteiger partial charge is 0.321 e. The van der Waals surface area contributed by atoms with Crippen LogP contribution in [-0.2, 0) is 22.6 Å². The van der Waals surface area contributed by atoms with E-state index in [-0.39, 0.29) is 41.1 Å². The largest absolute Gasteiger partial charge is 0.416 e. The fraction of sp³-hybridized carbons (Fsp3) is 0.353. The first-order valence-electron chi connectivity index (χ1n) is 8.38. The summed E-state index contributed by atoms with van der Waals surface area (Å²) in [6.45, 7) is 2.19. The van der Waals surface area contributed by atoms with Crippen molar-refractivity contribution < 1.29 is 18.8 Å². The number of rotatable bonds is 7. The molecule has 2 unspecified atom stereocenters. The minimum absolute atomic E-state index is 0.144. The summed E-state index contributed by atoms with van der Waals surface area (Å²) in [5.74, 6) is -0.587. The Hall–Kier alpha value is -2.88. The summed E-state index contributed by atoms with van der Waals surface area (Å²) >= 11 is 1.13. The second-order valence-corrected chi connectivity index (χ2v) is 7.00. The Morgan fingerprint density at radius 3 is 2.78 bits per heavy atom. The van der Waals surface area contributed by atoms with E-state index in [9.17, 15) is 14.4 Å². The Morgan fingerprint density at radius 1 is 1.26 bits per heavy atom. The van der Waals surface area contributed by atoms with E-state index >= 15 is 0 Å². The van der Waals surface area contributed by atoms with Gasteiger partial charge in [-0.3, -0.25) is 14.9 Å². The number of benzene rings is 1. The topological polar surface area (TPSA) is 126 Å². The third kappa shape index (κ3) is 5.30. The number of hydrogen-bond acceptors (Lipinski definition) is 7. The molecule has 1 saturated heterocycles. The van der Waals surface area contributed by atoms with Crippen molar-refractivity contribution in [2.24, 2.45) is 5.92 Å². The van der Waals surface area contributed by atoms with Gasteiger partial charge in [0.05, 0.1) is 11.7 Å². The molecule has 1 aromatic heterocycles.